The normalized spacial score (nSPS) is 21.2. The van der Waals surface area contributed by atoms with E-state index in [0.29, 0.717) is 18.4 Å². The lowest BCUT2D eigenvalue weighted by atomic mass is 9.91. The number of hydrogen-bond acceptors (Lipinski definition) is 6. The number of carbonyl (C=O) groups excluding carboxylic acids is 1. The average Bonchev–Trinajstić information content (AvgIpc) is 2.91. The average molecular weight is 355 g/mol. The Morgan fingerprint density at radius 3 is 2.75 bits per heavy atom. The van der Waals surface area contributed by atoms with Crippen LogP contribution < -0.4 is 14.9 Å². The number of aromatic nitrogens is 2. The van der Waals surface area contributed by atoms with E-state index < -0.39 is 10.0 Å². The Kier molecular flexibility index (Phi) is 6.11. The Labute approximate surface area is 143 Å². The van der Waals surface area contributed by atoms with Crippen molar-refractivity contribution in [3.63, 3.8) is 0 Å². The van der Waals surface area contributed by atoms with Crippen molar-refractivity contribution < 1.29 is 13.2 Å². The van der Waals surface area contributed by atoms with Crippen molar-refractivity contribution in [2.45, 2.75) is 26.3 Å². The van der Waals surface area contributed by atoms with Gasteiger partial charge in [0.2, 0.25) is 15.9 Å². The number of amides is 1. The third-order valence-corrected chi connectivity index (χ3v) is 4.89. The minimum Gasteiger partial charge on any atom is -0.353 e. The van der Waals surface area contributed by atoms with Crippen LogP contribution in [-0.2, 0) is 14.8 Å². The number of nitrogens with zero attached hydrogens (tertiary/aromatic N) is 3. The Morgan fingerprint density at radius 2 is 2.17 bits per heavy atom. The van der Waals surface area contributed by atoms with E-state index >= 15 is 0 Å². The first-order chi connectivity index (χ1) is 11.3. The molecule has 0 bridgehead atoms. The summed E-state index contributed by atoms with van der Waals surface area (Å²) in [4.78, 5) is 14.2. The van der Waals surface area contributed by atoms with Gasteiger partial charge in [0, 0.05) is 38.2 Å². The summed E-state index contributed by atoms with van der Waals surface area (Å²) >= 11 is 0. The summed E-state index contributed by atoms with van der Waals surface area (Å²) in [6.07, 6.45) is 2.84. The molecule has 1 aromatic rings. The van der Waals surface area contributed by atoms with Gasteiger partial charge in [0.1, 0.15) is 0 Å². The maximum Gasteiger partial charge on any atom is 0.221 e. The highest BCUT2D eigenvalue weighted by Gasteiger charge is 2.36. The van der Waals surface area contributed by atoms with Crippen LogP contribution in [0.5, 0.6) is 0 Å². The zero-order valence-corrected chi connectivity index (χ0v) is 15.1. The van der Waals surface area contributed by atoms with Crippen molar-refractivity contribution in [3.05, 3.63) is 18.3 Å². The highest BCUT2D eigenvalue weighted by Crippen LogP contribution is 2.27. The summed E-state index contributed by atoms with van der Waals surface area (Å²) in [5.74, 6) is 1.37. The molecule has 24 heavy (non-hydrogen) atoms. The van der Waals surface area contributed by atoms with Crippen molar-refractivity contribution in [1.82, 2.24) is 20.2 Å². The smallest absolute Gasteiger partial charge is 0.221 e. The second-order valence-corrected chi connectivity index (χ2v) is 8.32. The van der Waals surface area contributed by atoms with Gasteiger partial charge in [-0.2, -0.15) is 5.10 Å². The number of carbonyl (C=O) groups is 1. The van der Waals surface area contributed by atoms with Gasteiger partial charge in [-0.3, -0.25) is 4.79 Å². The summed E-state index contributed by atoms with van der Waals surface area (Å²) in [5.41, 5.74) is 0. The van der Waals surface area contributed by atoms with Crippen LogP contribution in [0, 0.1) is 11.8 Å². The third kappa shape index (κ3) is 5.41. The summed E-state index contributed by atoms with van der Waals surface area (Å²) < 4.78 is 24.4. The van der Waals surface area contributed by atoms with Gasteiger partial charge < -0.3 is 10.2 Å². The summed E-state index contributed by atoms with van der Waals surface area (Å²) in [6, 6.07) is 3.76. The van der Waals surface area contributed by atoms with Gasteiger partial charge >= 0.3 is 0 Å². The molecule has 0 saturated carbocycles. The summed E-state index contributed by atoms with van der Waals surface area (Å²) in [5, 5.41) is 11.1. The Balaban J connectivity index is 1.93. The first kappa shape index (κ1) is 18.6. The quantitative estimate of drug-likeness (QED) is 0.713. The molecular weight excluding hydrogens is 330 g/mol. The highest BCUT2D eigenvalue weighted by atomic mass is 32.2. The lowest BCUT2D eigenvalue weighted by Gasteiger charge is -2.22. The fourth-order valence-corrected chi connectivity index (χ4v) is 3.41. The predicted molar refractivity (Wildman–Crippen MR) is 92.0 cm³/mol. The van der Waals surface area contributed by atoms with Crippen LogP contribution in [0.15, 0.2) is 18.3 Å². The lowest BCUT2D eigenvalue weighted by Crippen LogP contribution is -2.43. The Bertz CT molecular complexity index is 650. The predicted octanol–water partition coefficient (Wildman–Crippen LogP) is -0.00710. The monoisotopic (exact) mass is 355 g/mol. The van der Waals surface area contributed by atoms with E-state index in [1.165, 1.54) is 0 Å². The van der Waals surface area contributed by atoms with Gasteiger partial charge in [0.15, 0.2) is 5.82 Å². The van der Waals surface area contributed by atoms with Crippen LogP contribution in [-0.4, -0.2) is 56.5 Å². The molecule has 1 aliphatic heterocycles. The van der Waals surface area contributed by atoms with Crippen molar-refractivity contribution in [3.8, 4) is 0 Å². The molecule has 0 aromatic carbocycles. The molecule has 2 heterocycles. The zero-order valence-electron chi connectivity index (χ0n) is 14.3. The maximum atomic E-state index is 12.1. The highest BCUT2D eigenvalue weighted by molar-refractivity contribution is 7.88. The molecule has 1 saturated heterocycles. The van der Waals surface area contributed by atoms with Crippen molar-refractivity contribution in [2.75, 3.05) is 30.8 Å². The molecule has 0 spiro atoms. The maximum absolute atomic E-state index is 12.1. The van der Waals surface area contributed by atoms with Gasteiger partial charge in [0.25, 0.3) is 0 Å². The minimum absolute atomic E-state index is 0.0118. The van der Waals surface area contributed by atoms with Crippen LogP contribution in [0.4, 0.5) is 5.82 Å². The van der Waals surface area contributed by atoms with E-state index in [0.717, 1.165) is 18.6 Å². The summed E-state index contributed by atoms with van der Waals surface area (Å²) in [7, 11) is -3.27. The molecule has 8 nitrogen and oxygen atoms in total. The van der Waals surface area contributed by atoms with Gasteiger partial charge in [-0.05, 0) is 18.1 Å². The second-order valence-electron chi connectivity index (χ2n) is 6.49. The summed E-state index contributed by atoms with van der Waals surface area (Å²) in [6.45, 7) is 5.86. The van der Waals surface area contributed by atoms with E-state index in [1.807, 2.05) is 12.1 Å². The molecule has 0 aliphatic carbocycles. The lowest BCUT2D eigenvalue weighted by molar-refractivity contribution is -0.121. The molecule has 0 radical (unpaired) electrons. The molecule has 2 rings (SSSR count). The molecule has 2 N–H and O–H groups in total. The van der Waals surface area contributed by atoms with Crippen LogP contribution >= 0.6 is 0 Å². The van der Waals surface area contributed by atoms with Gasteiger partial charge in [-0.25, -0.2) is 13.1 Å². The molecule has 2 atom stereocenters. The number of rotatable bonds is 7. The molecule has 0 unspecified atom stereocenters. The molecule has 9 heteroatoms. The number of hydrogen-bond donors (Lipinski definition) is 2. The molecular formula is C15H25N5O3S. The van der Waals surface area contributed by atoms with Gasteiger partial charge in [0.05, 0.1) is 12.3 Å². The molecule has 1 aromatic heterocycles. The zero-order chi connectivity index (χ0) is 17.7. The Hall–Kier alpha value is -1.74. The molecule has 1 aliphatic rings. The van der Waals surface area contributed by atoms with Crippen LogP contribution in [0.3, 0.4) is 0 Å². The minimum atomic E-state index is -3.27. The largest absolute Gasteiger partial charge is 0.353 e. The first-order valence-corrected chi connectivity index (χ1v) is 9.92. The third-order valence-electron chi connectivity index (χ3n) is 4.17. The SMILES string of the molecule is CC(C)[C@@H]1CN(c2cccnn2)C[C@H]1NC(=O)CCNS(C)(=O)=O. The number of sulfonamides is 1. The van der Waals surface area contributed by atoms with Gasteiger partial charge in [-0.1, -0.05) is 13.8 Å². The van der Waals surface area contributed by atoms with Crippen molar-refractivity contribution in [2.24, 2.45) is 11.8 Å². The van der Waals surface area contributed by atoms with Crippen LogP contribution in [0.2, 0.25) is 0 Å². The topological polar surface area (TPSA) is 104 Å². The second kappa shape index (κ2) is 7.89. The van der Waals surface area contributed by atoms with Crippen LogP contribution in [0.1, 0.15) is 20.3 Å². The number of nitrogens with one attached hydrogen (secondary N) is 2. The van der Waals surface area contributed by atoms with Crippen molar-refractivity contribution >= 4 is 21.7 Å². The number of anilines is 1. The van der Waals surface area contributed by atoms with E-state index in [-0.39, 0.29) is 24.9 Å². The standard InChI is InChI=1S/C15H25N5O3S/c1-11(2)12-9-20(14-5-4-7-16-19-14)10-13(12)18-15(21)6-8-17-24(3,22)23/h4-5,7,11-13,17H,6,8-10H2,1-3H3,(H,18,21)/t12-,13+/m0/s1. The first-order valence-electron chi connectivity index (χ1n) is 8.03. The molecule has 134 valence electrons. The molecule has 1 amide bonds. The fourth-order valence-electron chi connectivity index (χ4n) is 2.94. The fraction of sp³-hybridized carbons (Fsp3) is 0.667. The van der Waals surface area contributed by atoms with E-state index in [2.05, 4.69) is 39.0 Å². The van der Waals surface area contributed by atoms with Crippen molar-refractivity contribution in [1.29, 1.82) is 0 Å². The van der Waals surface area contributed by atoms with E-state index in [9.17, 15) is 13.2 Å². The van der Waals surface area contributed by atoms with Crippen LogP contribution in [0.25, 0.3) is 0 Å². The van der Waals surface area contributed by atoms with Gasteiger partial charge in [-0.15, -0.1) is 5.10 Å². The van der Waals surface area contributed by atoms with E-state index in [1.54, 1.807) is 6.20 Å². The Morgan fingerprint density at radius 1 is 1.42 bits per heavy atom. The molecule has 1 fully saturated rings. The van der Waals surface area contributed by atoms with E-state index in [4.69, 9.17) is 0 Å².